The second-order valence-electron chi connectivity index (χ2n) is 6.94. The van der Waals surface area contributed by atoms with E-state index in [4.69, 9.17) is 4.74 Å². The van der Waals surface area contributed by atoms with Gasteiger partial charge in [0.05, 0.1) is 0 Å². The molecule has 8 heteroatoms. The maximum Gasteiger partial charge on any atom is 0.271 e. The summed E-state index contributed by atoms with van der Waals surface area (Å²) in [5.74, 6) is -3.52. The number of alkyl halides is 2. The quantitative estimate of drug-likeness (QED) is 0.706. The molecule has 0 saturated heterocycles. The van der Waals surface area contributed by atoms with E-state index in [1.54, 1.807) is 0 Å². The zero-order valence-electron chi connectivity index (χ0n) is 15.7. The number of aromatic amines is 1. The van der Waals surface area contributed by atoms with E-state index in [-0.39, 0.29) is 42.5 Å². The fraction of sp³-hybridized carbons (Fsp3) is 0.400. The summed E-state index contributed by atoms with van der Waals surface area (Å²) in [5.41, 5.74) is 1.10. The third-order valence-corrected chi connectivity index (χ3v) is 4.79. The molecular formula is C20H23F2N3O3. The van der Waals surface area contributed by atoms with Gasteiger partial charge in [-0.15, -0.1) is 0 Å². The summed E-state index contributed by atoms with van der Waals surface area (Å²) in [6, 6.07) is 10.3. The van der Waals surface area contributed by atoms with Gasteiger partial charge in [-0.3, -0.25) is 9.59 Å². The molecule has 1 aromatic carbocycles. The summed E-state index contributed by atoms with van der Waals surface area (Å²) >= 11 is 0. The van der Waals surface area contributed by atoms with Crippen LogP contribution in [0.4, 0.5) is 8.78 Å². The minimum Gasteiger partial charge on any atom is -0.484 e. The smallest absolute Gasteiger partial charge is 0.271 e. The summed E-state index contributed by atoms with van der Waals surface area (Å²) in [4.78, 5) is 27.4. The lowest BCUT2D eigenvalue weighted by molar-refractivity contribution is 0.00709. The Bertz CT molecular complexity index is 852. The molecule has 1 aromatic heterocycles. The van der Waals surface area contributed by atoms with Gasteiger partial charge >= 0.3 is 0 Å². The van der Waals surface area contributed by atoms with E-state index in [0.717, 1.165) is 5.56 Å². The van der Waals surface area contributed by atoms with E-state index in [2.05, 4.69) is 15.6 Å². The van der Waals surface area contributed by atoms with Gasteiger partial charge in [-0.1, -0.05) is 30.3 Å². The molecule has 1 saturated carbocycles. The van der Waals surface area contributed by atoms with E-state index >= 15 is 0 Å². The van der Waals surface area contributed by atoms with Crippen molar-refractivity contribution in [3.05, 3.63) is 53.3 Å². The predicted molar refractivity (Wildman–Crippen MR) is 99.7 cm³/mol. The van der Waals surface area contributed by atoms with Crippen molar-refractivity contribution in [3.8, 4) is 5.75 Å². The second-order valence-corrected chi connectivity index (χ2v) is 6.94. The molecule has 1 aliphatic carbocycles. The summed E-state index contributed by atoms with van der Waals surface area (Å²) in [5, 5.41) is 5.09. The fourth-order valence-electron chi connectivity index (χ4n) is 3.26. The number of hydrogen-bond acceptors (Lipinski definition) is 3. The van der Waals surface area contributed by atoms with Crippen LogP contribution in [0, 0.1) is 0 Å². The molecule has 2 aromatic rings. The van der Waals surface area contributed by atoms with Crippen molar-refractivity contribution < 1.29 is 23.1 Å². The van der Waals surface area contributed by atoms with Crippen molar-refractivity contribution >= 4 is 11.8 Å². The highest BCUT2D eigenvalue weighted by molar-refractivity contribution is 5.99. The van der Waals surface area contributed by atoms with Crippen LogP contribution < -0.4 is 15.4 Å². The molecule has 0 radical (unpaired) electrons. The maximum absolute atomic E-state index is 13.3. The molecule has 1 unspecified atom stereocenters. The van der Waals surface area contributed by atoms with Gasteiger partial charge in [0.15, 0.2) is 5.75 Å². The standard InChI is InChI=1S/C20H23F2N3O3/c1-12(13-6-4-3-5-7-13)28-16-10-15(25-17(16)19(27)23-2)18(26)24-14-8-9-20(21,22)11-14/h3-7,10,12,14,25H,8-9,11H2,1-2H3,(H,23,27)(H,24,26)/t12?,14-/m1/s1. The van der Waals surface area contributed by atoms with Crippen LogP contribution in [0.1, 0.15) is 58.8 Å². The topological polar surface area (TPSA) is 83.2 Å². The Morgan fingerprint density at radius 2 is 1.96 bits per heavy atom. The van der Waals surface area contributed by atoms with Crippen molar-refractivity contribution in [2.45, 2.75) is 44.3 Å². The first kappa shape index (κ1) is 19.9. The first-order valence-corrected chi connectivity index (χ1v) is 9.14. The highest BCUT2D eigenvalue weighted by atomic mass is 19.3. The first-order valence-electron chi connectivity index (χ1n) is 9.14. The number of ether oxygens (including phenoxy) is 1. The van der Waals surface area contributed by atoms with Gasteiger partial charge in [-0.2, -0.15) is 0 Å². The Labute approximate surface area is 161 Å². The number of hydrogen-bond donors (Lipinski definition) is 3. The van der Waals surface area contributed by atoms with Crippen LogP contribution in [0.3, 0.4) is 0 Å². The van der Waals surface area contributed by atoms with Gasteiger partial charge in [0.2, 0.25) is 5.92 Å². The van der Waals surface area contributed by atoms with Gasteiger partial charge in [0.1, 0.15) is 17.5 Å². The highest BCUT2D eigenvalue weighted by Crippen LogP contribution is 2.35. The number of benzene rings is 1. The molecule has 2 atom stereocenters. The Kier molecular flexibility index (Phi) is 5.67. The fourth-order valence-corrected chi connectivity index (χ4v) is 3.26. The Morgan fingerprint density at radius 3 is 2.57 bits per heavy atom. The van der Waals surface area contributed by atoms with E-state index in [1.165, 1.54) is 13.1 Å². The van der Waals surface area contributed by atoms with Gasteiger partial charge in [0, 0.05) is 32.0 Å². The number of H-pyrrole nitrogens is 1. The molecule has 1 aliphatic rings. The molecule has 1 fully saturated rings. The molecule has 2 amide bonds. The number of carbonyl (C=O) groups excluding carboxylic acids is 2. The number of halogens is 2. The minimum absolute atomic E-state index is 0.0871. The van der Waals surface area contributed by atoms with E-state index in [9.17, 15) is 18.4 Å². The monoisotopic (exact) mass is 391 g/mol. The van der Waals surface area contributed by atoms with Crippen LogP contribution >= 0.6 is 0 Å². The van der Waals surface area contributed by atoms with Crippen molar-refractivity contribution in [2.24, 2.45) is 0 Å². The van der Waals surface area contributed by atoms with Crippen molar-refractivity contribution in [3.63, 3.8) is 0 Å². The largest absolute Gasteiger partial charge is 0.484 e. The van der Waals surface area contributed by atoms with Crippen LogP contribution in [-0.4, -0.2) is 35.8 Å². The third-order valence-electron chi connectivity index (χ3n) is 4.79. The van der Waals surface area contributed by atoms with Crippen molar-refractivity contribution in [1.82, 2.24) is 15.6 Å². The van der Waals surface area contributed by atoms with Crippen LogP contribution in [0.2, 0.25) is 0 Å². The second kappa shape index (κ2) is 8.00. The SMILES string of the molecule is CNC(=O)c1[nH]c(C(=O)N[C@@H]2CCC(F)(F)C2)cc1OC(C)c1ccccc1. The molecule has 0 spiro atoms. The zero-order chi connectivity index (χ0) is 20.3. The summed E-state index contributed by atoms with van der Waals surface area (Å²) in [6.45, 7) is 1.83. The molecule has 3 N–H and O–H groups in total. The average Bonchev–Trinajstić information content (AvgIpc) is 3.24. The lowest BCUT2D eigenvalue weighted by Crippen LogP contribution is -2.34. The normalized spacial score (nSPS) is 19.1. The zero-order valence-corrected chi connectivity index (χ0v) is 15.7. The average molecular weight is 391 g/mol. The molecule has 6 nitrogen and oxygen atoms in total. The Hall–Kier alpha value is -2.90. The van der Waals surface area contributed by atoms with Crippen molar-refractivity contribution in [2.75, 3.05) is 7.05 Å². The van der Waals surface area contributed by atoms with Crippen LogP contribution in [-0.2, 0) is 0 Å². The van der Waals surface area contributed by atoms with Gasteiger partial charge in [-0.05, 0) is 18.9 Å². The van der Waals surface area contributed by atoms with Crippen LogP contribution in [0.25, 0.3) is 0 Å². The molecular weight excluding hydrogens is 368 g/mol. The maximum atomic E-state index is 13.3. The number of rotatable bonds is 6. The lowest BCUT2D eigenvalue weighted by Gasteiger charge is -2.15. The highest BCUT2D eigenvalue weighted by Gasteiger charge is 2.40. The van der Waals surface area contributed by atoms with E-state index in [0.29, 0.717) is 0 Å². The molecule has 0 bridgehead atoms. The number of amides is 2. The number of carbonyl (C=O) groups is 2. The van der Waals surface area contributed by atoms with Crippen LogP contribution in [0.15, 0.2) is 36.4 Å². The summed E-state index contributed by atoms with van der Waals surface area (Å²) in [7, 11) is 1.47. The molecule has 1 heterocycles. The predicted octanol–water partition coefficient (Wildman–Crippen LogP) is 3.43. The van der Waals surface area contributed by atoms with Gasteiger partial charge in [0.25, 0.3) is 11.8 Å². The third kappa shape index (κ3) is 4.49. The number of nitrogens with one attached hydrogen (secondary N) is 3. The van der Waals surface area contributed by atoms with E-state index in [1.807, 2.05) is 37.3 Å². The first-order chi connectivity index (χ1) is 13.3. The molecule has 3 rings (SSSR count). The summed E-state index contributed by atoms with van der Waals surface area (Å²) in [6.07, 6.45) is -0.758. The number of aromatic nitrogens is 1. The van der Waals surface area contributed by atoms with E-state index < -0.39 is 23.8 Å². The summed E-state index contributed by atoms with van der Waals surface area (Å²) < 4.78 is 32.6. The molecule has 0 aliphatic heterocycles. The Balaban J connectivity index is 1.77. The van der Waals surface area contributed by atoms with Crippen molar-refractivity contribution in [1.29, 1.82) is 0 Å². The Morgan fingerprint density at radius 1 is 1.25 bits per heavy atom. The lowest BCUT2D eigenvalue weighted by atomic mass is 10.1. The minimum atomic E-state index is -2.75. The molecule has 28 heavy (non-hydrogen) atoms. The van der Waals surface area contributed by atoms with Crippen LogP contribution in [0.5, 0.6) is 5.75 Å². The molecule has 150 valence electrons. The van der Waals surface area contributed by atoms with Gasteiger partial charge < -0.3 is 20.4 Å². The van der Waals surface area contributed by atoms with Gasteiger partial charge in [-0.25, -0.2) is 8.78 Å².